The summed E-state index contributed by atoms with van der Waals surface area (Å²) in [6.07, 6.45) is 0.695. The zero-order chi connectivity index (χ0) is 10.3. The van der Waals surface area contributed by atoms with Gasteiger partial charge >= 0.3 is 0 Å². The molecule has 1 fully saturated rings. The van der Waals surface area contributed by atoms with E-state index >= 15 is 0 Å². The van der Waals surface area contributed by atoms with Crippen molar-refractivity contribution in [3.8, 4) is 11.8 Å². The topological polar surface area (TPSA) is 3.24 Å². The van der Waals surface area contributed by atoms with E-state index in [1.54, 1.807) is 11.9 Å². The Morgan fingerprint density at radius 2 is 1.77 bits per heavy atom. The summed E-state index contributed by atoms with van der Waals surface area (Å²) in [6, 6.07) is 0. The summed E-state index contributed by atoms with van der Waals surface area (Å²) in [6.45, 7) is 4.39. The fourth-order valence-corrected chi connectivity index (χ4v) is 1.16. The zero-order valence-corrected chi connectivity index (χ0v) is 8.53. The lowest BCUT2D eigenvalue weighted by molar-refractivity contribution is -0.0571. The molecule has 1 nitrogen and oxygen atoms in total. The van der Waals surface area contributed by atoms with Crippen LogP contribution in [0.25, 0.3) is 0 Å². The fraction of sp³-hybridized carbons (Fsp3) is 0.800. The second-order valence-electron chi connectivity index (χ2n) is 3.20. The summed E-state index contributed by atoms with van der Waals surface area (Å²) >= 11 is 0. The molecule has 1 rings (SSSR count). The van der Waals surface area contributed by atoms with Crippen LogP contribution < -0.4 is 0 Å². The summed E-state index contributed by atoms with van der Waals surface area (Å²) in [5, 5.41) is 0. The van der Waals surface area contributed by atoms with Crippen LogP contribution in [0.3, 0.4) is 0 Å². The van der Waals surface area contributed by atoms with E-state index in [4.69, 9.17) is 0 Å². The van der Waals surface area contributed by atoms with Gasteiger partial charge in [0, 0.05) is 6.42 Å². The monoisotopic (exact) mass is 189 g/mol. The standard InChI is InChI=1S/C6H11F2N.C4H6/c1-9-4-2-3-6(7,8)5-9;1-3-4-2/h2-5H2,1H3;1-2H3. The van der Waals surface area contributed by atoms with E-state index in [0.717, 1.165) is 6.54 Å². The minimum Gasteiger partial charge on any atom is -0.301 e. The van der Waals surface area contributed by atoms with E-state index in [0.29, 0.717) is 6.42 Å². The van der Waals surface area contributed by atoms with E-state index in [-0.39, 0.29) is 13.0 Å². The summed E-state index contributed by atoms with van der Waals surface area (Å²) in [4.78, 5) is 1.67. The molecule has 0 atom stereocenters. The minimum atomic E-state index is -2.42. The van der Waals surface area contributed by atoms with Gasteiger partial charge in [0.15, 0.2) is 0 Å². The maximum absolute atomic E-state index is 12.4. The average Bonchev–Trinajstić information content (AvgIpc) is 2.02. The molecule has 1 heterocycles. The number of alkyl halides is 2. The van der Waals surface area contributed by atoms with Crippen molar-refractivity contribution in [1.29, 1.82) is 0 Å². The van der Waals surface area contributed by atoms with Crippen LogP contribution >= 0.6 is 0 Å². The molecule has 0 aromatic heterocycles. The average molecular weight is 189 g/mol. The molecule has 1 saturated heterocycles. The molecule has 3 heteroatoms. The van der Waals surface area contributed by atoms with Crippen LogP contribution in [-0.2, 0) is 0 Å². The summed E-state index contributed by atoms with van der Waals surface area (Å²) < 4.78 is 24.8. The number of halogens is 2. The van der Waals surface area contributed by atoms with Crippen molar-refractivity contribution in [2.24, 2.45) is 0 Å². The third-order valence-electron chi connectivity index (χ3n) is 1.83. The molecule has 0 aromatic carbocycles. The SMILES string of the molecule is CC#CC.CN1CCCC(F)(F)C1. The first-order valence-corrected chi connectivity index (χ1v) is 4.41. The number of nitrogens with zero attached hydrogens (tertiary/aromatic N) is 1. The van der Waals surface area contributed by atoms with Gasteiger partial charge in [-0.2, -0.15) is 0 Å². The molecule has 0 bridgehead atoms. The van der Waals surface area contributed by atoms with Gasteiger partial charge in [0.25, 0.3) is 5.92 Å². The molecule has 0 aromatic rings. The molecule has 0 radical (unpaired) electrons. The van der Waals surface area contributed by atoms with Crippen molar-refractivity contribution in [3.05, 3.63) is 0 Å². The van der Waals surface area contributed by atoms with Gasteiger partial charge in [-0.3, -0.25) is 0 Å². The smallest absolute Gasteiger partial charge is 0.260 e. The Labute approximate surface area is 79.1 Å². The maximum atomic E-state index is 12.4. The maximum Gasteiger partial charge on any atom is 0.260 e. The van der Waals surface area contributed by atoms with Crippen LogP contribution in [0.2, 0.25) is 0 Å². The molecule has 76 valence electrons. The van der Waals surface area contributed by atoms with E-state index in [1.807, 2.05) is 13.8 Å². The highest BCUT2D eigenvalue weighted by Crippen LogP contribution is 2.25. The van der Waals surface area contributed by atoms with Crippen molar-refractivity contribution in [1.82, 2.24) is 4.90 Å². The second-order valence-corrected chi connectivity index (χ2v) is 3.20. The number of likely N-dealkylation sites (tertiary alicyclic amines) is 1. The van der Waals surface area contributed by atoms with Crippen molar-refractivity contribution >= 4 is 0 Å². The largest absolute Gasteiger partial charge is 0.301 e. The third kappa shape index (κ3) is 6.53. The minimum absolute atomic E-state index is 0.0625. The third-order valence-corrected chi connectivity index (χ3v) is 1.83. The van der Waals surface area contributed by atoms with Gasteiger partial charge < -0.3 is 4.90 Å². The Hall–Kier alpha value is -0.620. The lowest BCUT2D eigenvalue weighted by Gasteiger charge is -2.28. The van der Waals surface area contributed by atoms with E-state index in [2.05, 4.69) is 11.8 Å². The predicted molar refractivity (Wildman–Crippen MR) is 50.8 cm³/mol. The van der Waals surface area contributed by atoms with E-state index in [1.165, 1.54) is 0 Å². The van der Waals surface area contributed by atoms with Crippen molar-refractivity contribution in [3.63, 3.8) is 0 Å². The highest BCUT2D eigenvalue weighted by Gasteiger charge is 2.33. The normalized spacial score (nSPS) is 20.7. The molecule has 0 spiro atoms. The van der Waals surface area contributed by atoms with Crippen molar-refractivity contribution in [2.75, 3.05) is 20.1 Å². The Morgan fingerprint density at radius 3 is 2.00 bits per heavy atom. The van der Waals surface area contributed by atoms with E-state index < -0.39 is 5.92 Å². The quantitative estimate of drug-likeness (QED) is 0.529. The molecular formula is C10H17F2N. The number of rotatable bonds is 0. The van der Waals surface area contributed by atoms with Crippen molar-refractivity contribution in [2.45, 2.75) is 32.6 Å². The van der Waals surface area contributed by atoms with Crippen LogP contribution in [-0.4, -0.2) is 31.0 Å². The summed E-state index contributed by atoms with van der Waals surface area (Å²) in [5.41, 5.74) is 0. The van der Waals surface area contributed by atoms with Crippen LogP contribution in [0.4, 0.5) is 8.78 Å². The molecule has 0 unspecified atom stereocenters. The Kier molecular flexibility index (Phi) is 5.65. The molecule has 0 amide bonds. The molecule has 0 aliphatic carbocycles. The first kappa shape index (κ1) is 12.4. The summed E-state index contributed by atoms with van der Waals surface area (Å²) in [7, 11) is 1.73. The fourth-order valence-electron chi connectivity index (χ4n) is 1.16. The van der Waals surface area contributed by atoms with Crippen LogP contribution in [0.5, 0.6) is 0 Å². The summed E-state index contributed by atoms with van der Waals surface area (Å²) in [5.74, 6) is 2.94. The second kappa shape index (κ2) is 5.93. The van der Waals surface area contributed by atoms with Gasteiger partial charge in [-0.15, -0.1) is 11.8 Å². The predicted octanol–water partition coefficient (Wildman–Crippen LogP) is 2.38. The van der Waals surface area contributed by atoms with Gasteiger partial charge in [-0.1, -0.05) is 0 Å². The van der Waals surface area contributed by atoms with Gasteiger partial charge in [-0.05, 0) is 33.9 Å². The number of hydrogen-bond acceptors (Lipinski definition) is 1. The van der Waals surface area contributed by atoms with Gasteiger partial charge in [-0.25, -0.2) is 8.78 Å². The van der Waals surface area contributed by atoms with Crippen LogP contribution in [0.1, 0.15) is 26.7 Å². The highest BCUT2D eigenvalue weighted by atomic mass is 19.3. The molecule has 0 saturated carbocycles. The van der Waals surface area contributed by atoms with Gasteiger partial charge in [0.05, 0.1) is 6.54 Å². The number of piperidine rings is 1. The van der Waals surface area contributed by atoms with Gasteiger partial charge in [0.2, 0.25) is 0 Å². The van der Waals surface area contributed by atoms with Crippen LogP contribution in [0, 0.1) is 11.8 Å². The van der Waals surface area contributed by atoms with Gasteiger partial charge in [0.1, 0.15) is 0 Å². The Bertz CT molecular complexity index is 185. The molecular weight excluding hydrogens is 172 g/mol. The first-order valence-electron chi connectivity index (χ1n) is 4.41. The zero-order valence-electron chi connectivity index (χ0n) is 8.53. The molecule has 1 aliphatic rings. The number of hydrogen-bond donors (Lipinski definition) is 0. The lowest BCUT2D eigenvalue weighted by Crippen LogP contribution is -2.39. The lowest BCUT2D eigenvalue weighted by atomic mass is 10.1. The van der Waals surface area contributed by atoms with E-state index in [9.17, 15) is 8.78 Å². The Morgan fingerprint density at radius 1 is 1.23 bits per heavy atom. The highest BCUT2D eigenvalue weighted by molar-refractivity contribution is 4.89. The van der Waals surface area contributed by atoms with Crippen molar-refractivity contribution < 1.29 is 8.78 Å². The molecule has 0 N–H and O–H groups in total. The van der Waals surface area contributed by atoms with Crippen LogP contribution in [0.15, 0.2) is 0 Å². The molecule has 13 heavy (non-hydrogen) atoms. The first-order chi connectivity index (χ1) is 6.02. The molecule has 1 aliphatic heterocycles. The Balaban J connectivity index is 0.000000310.